The molecule has 0 aromatic heterocycles. The molecule has 8 heteroatoms. The van der Waals surface area contributed by atoms with E-state index in [0.717, 1.165) is 12.8 Å². The van der Waals surface area contributed by atoms with Crippen LogP contribution in [0.15, 0.2) is 36.0 Å². The molecule has 3 rings (SSSR count). The van der Waals surface area contributed by atoms with E-state index < -0.39 is 47.4 Å². The molecule has 2 fully saturated rings. The lowest BCUT2D eigenvalue weighted by Gasteiger charge is -2.59. The van der Waals surface area contributed by atoms with Gasteiger partial charge in [0.25, 0.3) is 5.91 Å². The Morgan fingerprint density at radius 2 is 1.94 bits per heavy atom. The first-order valence-electron chi connectivity index (χ1n) is 10.7. The highest BCUT2D eigenvalue weighted by molar-refractivity contribution is 5.94. The van der Waals surface area contributed by atoms with Crippen LogP contribution in [0.25, 0.3) is 0 Å². The maximum Gasteiger partial charge on any atom is 0.331 e. The summed E-state index contributed by atoms with van der Waals surface area (Å²) in [6.07, 6.45) is 5.08. The third kappa shape index (κ3) is 3.86. The van der Waals surface area contributed by atoms with E-state index in [1.165, 1.54) is 37.3 Å². The second-order valence-corrected chi connectivity index (χ2v) is 9.82. The highest BCUT2D eigenvalue weighted by atomic mass is 16.5. The first-order valence-corrected chi connectivity index (χ1v) is 10.7. The maximum atomic E-state index is 12.7. The van der Waals surface area contributed by atoms with E-state index in [1.807, 2.05) is 20.8 Å². The summed E-state index contributed by atoms with van der Waals surface area (Å²) in [5.74, 6) is -1.59. The van der Waals surface area contributed by atoms with Gasteiger partial charge in [0.2, 0.25) is 0 Å². The van der Waals surface area contributed by atoms with E-state index in [-0.39, 0.29) is 16.9 Å². The average Bonchev–Trinajstić information content (AvgIpc) is 2.88. The molecule has 8 nitrogen and oxygen atoms in total. The highest BCUT2D eigenvalue weighted by Gasteiger charge is 2.70. The molecule has 0 bridgehead atoms. The summed E-state index contributed by atoms with van der Waals surface area (Å²) in [4.78, 5) is 25.2. The van der Waals surface area contributed by atoms with Crippen molar-refractivity contribution in [2.75, 3.05) is 0 Å². The van der Waals surface area contributed by atoms with Gasteiger partial charge < -0.3 is 30.5 Å². The van der Waals surface area contributed by atoms with Gasteiger partial charge in [-0.15, -0.1) is 0 Å². The molecule has 31 heavy (non-hydrogen) atoms. The summed E-state index contributed by atoms with van der Waals surface area (Å²) in [5, 5.41) is 43.1. The van der Waals surface area contributed by atoms with Crippen LogP contribution >= 0.6 is 0 Å². The van der Waals surface area contributed by atoms with Gasteiger partial charge in [0.1, 0.15) is 6.10 Å². The zero-order valence-electron chi connectivity index (χ0n) is 18.4. The summed E-state index contributed by atoms with van der Waals surface area (Å²) in [5.41, 5.74) is -2.96. The molecular weight excluding hydrogens is 402 g/mol. The largest absolute Gasteiger partial charge is 0.455 e. The van der Waals surface area contributed by atoms with Crippen LogP contribution in [-0.4, -0.2) is 62.4 Å². The van der Waals surface area contributed by atoms with Crippen molar-refractivity contribution in [3.8, 4) is 0 Å². The number of allylic oxidation sites excluding steroid dienone is 2. The fourth-order valence-corrected chi connectivity index (χ4v) is 5.76. The number of esters is 1. The summed E-state index contributed by atoms with van der Waals surface area (Å²) in [6, 6.07) is 0. The number of ether oxygens (including phenoxy) is 1. The van der Waals surface area contributed by atoms with Crippen LogP contribution in [0.2, 0.25) is 0 Å². The van der Waals surface area contributed by atoms with Crippen molar-refractivity contribution in [2.24, 2.45) is 16.7 Å². The molecule has 0 spiro atoms. The second kappa shape index (κ2) is 8.16. The third-order valence-electron chi connectivity index (χ3n) is 7.25. The van der Waals surface area contributed by atoms with Crippen molar-refractivity contribution in [1.82, 2.24) is 5.32 Å². The van der Waals surface area contributed by atoms with Gasteiger partial charge in [-0.25, -0.2) is 4.79 Å². The zero-order chi connectivity index (χ0) is 23.2. The van der Waals surface area contributed by atoms with Gasteiger partial charge in [-0.1, -0.05) is 45.4 Å². The highest BCUT2D eigenvalue weighted by Crippen LogP contribution is 2.63. The Morgan fingerprint density at radius 3 is 2.58 bits per heavy atom. The SMILES string of the molecule is C[C@H](O)[C@H](O)/C=C/C=C/C(=O)O[C@@H]1C=C2[C@H](O)NC(=O)[C@]2(O)[C@@]2(C)CCCC(C)(C)[C@H]12. The quantitative estimate of drug-likeness (QED) is 0.186. The van der Waals surface area contributed by atoms with Crippen molar-refractivity contribution >= 4 is 11.9 Å². The standard InChI is InChI=1S/C23H33NO7/c1-13(25)15(26)8-5-6-9-17(27)31-16-12-14-19(28)24-20(29)23(14,30)22(4)11-7-10-21(2,3)18(16)22/h5-6,8-9,12-13,15-16,18-19,25-26,28,30H,7,10-11H2,1-4H3,(H,24,29)/b8-5+,9-6+/t13-,15+,16+,18-,19-,22-,23-/m0/s1. The molecule has 0 radical (unpaired) electrons. The number of nitrogens with one attached hydrogen (secondary N) is 1. The van der Waals surface area contributed by atoms with Crippen LogP contribution in [0.4, 0.5) is 0 Å². The number of aliphatic hydroxyl groups excluding tert-OH is 3. The summed E-state index contributed by atoms with van der Waals surface area (Å²) >= 11 is 0. The van der Waals surface area contributed by atoms with Crippen molar-refractivity contribution < 1.29 is 34.8 Å². The Labute approximate surface area is 182 Å². The van der Waals surface area contributed by atoms with Gasteiger partial charge in [0, 0.05) is 23.0 Å². The fourth-order valence-electron chi connectivity index (χ4n) is 5.76. The molecule has 0 aromatic carbocycles. The minimum atomic E-state index is -1.85. The van der Waals surface area contributed by atoms with E-state index in [9.17, 15) is 30.0 Å². The van der Waals surface area contributed by atoms with Crippen molar-refractivity contribution in [3.63, 3.8) is 0 Å². The second-order valence-electron chi connectivity index (χ2n) is 9.82. The van der Waals surface area contributed by atoms with Crippen LogP contribution in [0.1, 0.15) is 47.0 Å². The summed E-state index contributed by atoms with van der Waals surface area (Å²) in [6.45, 7) is 7.36. The first-order chi connectivity index (χ1) is 14.3. The van der Waals surface area contributed by atoms with Crippen LogP contribution in [0.3, 0.4) is 0 Å². The molecule has 1 saturated carbocycles. The molecule has 0 aromatic rings. The Kier molecular flexibility index (Phi) is 6.23. The normalized spacial score (nSPS) is 38.9. The van der Waals surface area contributed by atoms with Gasteiger partial charge in [-0.2, -0.15) is 0 Å². The van der Waals surface area contributed by atoms with E-state index in [2.05, 4.69) is 5.32 Å². The molecule has 5 N–H and O–H groups in total. The van der Waals surface area contributed by atoms with Crippen molar-refractivity contribution in [1.29, 1.82) is 0 Å². The zero-order valence-corrected chi connectivity index (χ0v) is 18.4. The van der Waals surface area contributed by atoms with Gasteiger partial charge in [-0.05, 0) is 31.3 Å². The Bertz CT molecular complexity index is 830. The lowest BCUT2D eigenvalue weighted by molar-refractivity contribution is -0.188. The fraction of sp³-hybridized carbons (Fsp3) is 0.652. The van der Waals surface area contributed by atoms with Gasteiger partial charge in [0.15, 0.2) is 11.8 Å². The number of carbonyl (C=O) groups is 2. The average molecular weight is 436 g/mol. The molecule has 1 saturated heterocycles. The molecule has 0 unspecified atom stereocenters. The first kappa shape index (κ1) is 23.7. The molecule has 172 valence electrons. The lowest BCUT2D eigenvalue weighted by atomic mass is 9.46. The molecule has 1 aliphatic heterocycles. The van der Waals surface area contributed by atoms with Gasteiger partial charge in [-0.3, -0.25) is 4.79 Å². The summed E-state index contributed by atoms with van der Waals surface area (Å²) in [7, 11) is 0. The molecule has 2 aliphatic carbocycles. The van der Waals surface area contributed by atoms with E-state index in [1.54, 1.807) is 0 Å². The Morgan fingerprint density at radius 1 is 1.26 bits per heavy atom. The molecular formula is C23H33NO7. The van der Waals surface area contributed by atoms with Crippen LogP contribution in [-0.2, 0) is 14.3 Å². The molecule has 7 atom stereocenters. The number of carbonyl (C=O) groups excluding carboxylic acids is 2. The Balaban J connectivity index is 1.90. The van der Waals surface area contributed by atoms with Crippen molar-refractivity contribution in [3.05, 3.63) is 36.0 Å². The third-order valence-corrected chi connectivity index (χ3v) is 7.25. The predicted molar refractivity (Wildman–Crippen MR) is 112 cm³/mol. The molecule has 1 heterocycles. The van der Waals surface area contributed by atoms with Crippen molar-refractivity contribution in [2.45, 2.75) is 77.1 Å². The molecule has 3 aliphatic rings. The minimum absolute atomic E-state index is 0.135. The van der Waals surface area contributed by atoms with Crippen LogP contribution < -0.4 is 5.32 Å². The number of rotatable bonds is 5. The minimum Gasteiger partial charge on any atom is -0.455 e. The predicted octanol–water partition coefficient (Wildman–Crippen LogP) is 0.704. The van der Waals surface area contributed by atoms with Crippen LogP contribution in [0.5, 0.6) is 0 Å². The number of aliphatic hydroxyl groups is 4. The smallest absolute Gasteiger partial charge is 0.331 e. The Hall–Kier alpha value is -2.00. The number of fused-ring (bicyclic) bond motifs is 3. The van der Waals surface area contributed by atoms with E-state index in [0.29, 0.717) is 6.42 Å². The number of hydrogen-bond donors (Lipinski definition) is 5. The van der Waals surface area contributed by atoms with E-state index in [4.69, 9.17) is 4.74 Å². The van der Waals surface area contributed by atoms with Gasteiger partial charge >= 0.3 is 5.97 Å². The summed E-state index contributed by atoms with van der Waals surface area (Å²) < 4.78 is 5.74. The maximum absolute atomic E-state index is 12.7. The van der Waals surface area contributed by atoms with Crippen LogP contribution in [0, 0.1) is 16.7 Å². The van der Waals surface area contributed by atoms with E-state index >= 15 is 0 Å². The topological polar surface area (TPSA) is 136 Å². The lowest BCUT2D eigenvalue weighted by Crippen LogP contribution is -2.65. The number of hydrogen-bond acceptors (Lipinski definition) is 7. The van der Waals surface area contributed by atoms with Gasteiger partial charge in [0.05, 0.1) is 12.2 Å². The molecule has 1 amide bonds. The number of amides is 1. The monoisotopic (exact) mass is 435 g/mol.